The molecule has 2 aliphatic rings. The lowest BCUT2D eigenvalue weighted by Gasteiger charge is -2.34. The summed E-state index contributed by atoms with van der Waals surface area (Å²) in [6.07, 6.45) is 4.82. The molecule has 16 heteroatoms. The van der Waals surface area contributed by atoms with Gasteiger partial charge >= 0.3 is 11.9 Å². The minimum absolute atomic E-state index is 0.121. The van der Waals surface area contributed by atoms with Crippen molar-refractivity contribution >= 4 is 51.4 Å². The van der Waals surface area contributed by atoms with E-state index in [-0.39, 0.29) is 6.54 Å². The molecule has 4 heterocycles. The summed E-state index contributed by atoms with van der Waals surface area (Å²) in [5, 5.41) is 19.6. The number of ether oxygens (including phenoxy) is 2. The molecule has 2 aliphatic heterocycles. The van der Waals surface area contributed by atoms with Crippen LogP contribution in [0.3, 0.4) is 0 Å². The maximum atomic E-state index is 12.5. The van der Waals surface area contributed by atoms with Gasteiger partial charge in [0.05, 0.1) is 37.6 Å². The second-order valence-electron chi connectivity index (χ2n) is 16.1. The van der Waals surface area contributed by atoms with Crippen LogP contribution in [0.15, 0.2) is 91.3 Å². The minimum atomic E-state index is -2.25. The summed E-state index contributed by atoms with van der Waals surface area (Å²) in [4.78, 5) is 36.7. The Labute approximate surface area is 404 Å². The van der Waals surface area contributed by atoms with Gasteiger partial charge in [-0.2, -0.15) is 0 Å². The molecule has 0 radical (unpaired) electrons. The van der Waals surface area contributed by atoms with Crippen molar-refractivity contribution in [2.24, 2.45) is 0 Å². The van der Waals surface area contributed by atoms with Crippen LogP contribution in [0, 0.1) is 13.8 Å². The van der Waals surface area contributed by atoms with Gasteiger partial charge in [0, 0.05) is 104 Å². The molecule has 0 spiro atoms. The van der Waals surface area contributed by atoms with Crippen molar-refractivity contribution in [1.82, 2.24) is 29.6 Å². The number of piperazine rings is 1. The molecule has 0 bridgehead atoms. The minimum Gasteiger partial charge on any atom is -0.496 e. The third-order valence-electron chi connectivity index (χ3n) is 11.8. The van der Waals surface area contributed by atoms with Crippen LogP contribution in [0.1, 0.15) is 70.2 Å². The van der Waals surface area contributed by atoms with Crippen LogP contribution in [0.25, 0.3) is 21.8 Å². The number of carbonyl (C=O) groups is 2. The van der Waals surface area contributed by atoms with E-state index in [9.17, 15) is 18.4 Å². The van der Waals surface area contributed by atoms with E-state index in [0.29, 0.717) is 29.9 Å². The number of aromatic carboxylic acids is 2. The molecular formula is C52H71F2N7O6S. The number of aryl methyl sites for hydroxylation is 2. The van der Waals surface area contributed by atoms with Gasteiger partial charge in [0.25, 0.3) is 6.43 Å². The zero-order chi connectivity index (χ0) is 49.6. The van der Waals surface area contributed by atoms with Crippen LogP contribution in [-0.2, 0) is 13.1 Å². The predicted molar refractivity (Wildman–Crippen MR) is 274 cm³/mol. The molecule has 6 aromatic rings. The molecule has 0 aliphatic carbocycles. The fourth-order valence-corrected chi connectivity index (χ4v) is 8.68. The molecule has 5 N–H and O–H groups in total. The number of anilines is 1. The Morgan fingerprint density at radius 2 is 1.16 bits per heavy atom. The molecule has 2 fully saturated rings. The number of aromatic nitrogens is 2. The van der Waals surface area contributed by atoms with Gasteiger partial charge in [0.1, 0.15) is 11.5 Å². The van der Waals surface area contributed by atoms with Crippen LogP contribution < -0.4 is 14.2 Å². The fourth-order valence-electron chi connectivity index (χ4n) is 8.28. The normalized spacial score (nSPS) is 14.5. The van der Waals surface area contributed by atoms with Crippen LogP contribution in [0.5, 0.6) is 11.5 Å². The summed E-state index contributed by atoms with van der Waals surface area (Å²) in [7, 11) is 3.47. The molecule has 0 unspecified atom stereocenters. The summed E-state index contributed by atoms with van der Waals surface area (Å²) in [6.45, 7) is 20.9. The second kappa shape index (κ2) is 28.6. The Balaban J connectivity index is 0.000000207. The van der Waals surface area contributed by atoms with Gasteiger partial charge in [-0.25, -0.2) is 18.4 Å². The number of alkyl halides is 2. The quantitative estimate of drug-likeness (QED) is 0.0702. The summed E-state index contributed by atoms with van der Waals surface area (Å²) in [5.41, 5.74) is 8.52. The smallest absolute Gasteiger partial charge is 0.337 e. The van der Waals surface area contributed by atoms with Gasteiger partial charge < -0.3 is 39.3 Å². The van der Waals surface area contributed by atoms with E-state index in [1.165, 1.54) is 65.4 Å². The molecule has 13 nitrogen and oxygen atoms in total. The number of H-pyrrole nitrogens is 2. The van der Waals surface area contributed by atoms with Crippen molar-refractivity contribution in [3.63, 3.8) is 0 Å². The monoisotopic (exact) mass is 960 g/mol. The van der Waals surface area contributed by atoms with E-state index in [2.05, 4.69) is 74.4 Å². The third-order valence-corrected chi connectivity index (χ3v) is 12.2. The van der Waals surface area contributed by atoms with Crippen molar-refractivity contribution in [3.8, 4) is 11.5 Å². The summed E-state index contributed by atoms with van der Waals surface area (Å²) in [5.74, 6) is 0.119. The molecule has 8 rings (SSSR count). The molecule has 370 valence electrons. The average molecular weight is 960 g/mol. The number of hydrogen-bond donors (Lipinski definition) is 5. The zero-order valence-electron chi connectivity index (χ0n) is 40.9. The van der Waals surface area contributed by atoms with E-state index < -0.39 is 18.4 Å². The maximum absolute atomic E-state index is 12.5. The number of carboxylic acid groups (broad SMARTS) is 2. The fraction of sp³-hybridized carbons (Fsp3) is 0.423. The Kier molecular flexibility index (Phi) is 23.1. The van der Waals surface area contributed by atoms with Crippen molar-refractivity contribution in [1.29, 1.82) is 0 Å². The van der Waals surface area contributed by atoms with Crippen molar-refractivity contribution in [3.05, 3.63) is 125 Å². The van der Waals surface area contributed by atoms with Gasteiger partial charge in [-0.3, -0.25) is 14.7 Å². The number of hydrogen-bond acceptors (Lipinski definition) is 10. The van der Waals surface area contributed by atoms with E-state index in [1.54, 1.807) is 68.8 Å². The number of rotatable bonds is 13. The van der Waals surface area contributed by atoms with Crippen LogP contribution in [-0.4, -0.2) is 144 Å². The topological polar surface area (TPSA) is 150 Å². The molecule has 68 heavy (non-hydrogen) atoms. The molecule has 0 amide bonds. The van der Waals surface area contributed by atoms with E-state index in [0.717, 1.165) is 67.4 Å². The number of carboxylic acids is 2. The Morgan fingerprint density at radius 3 is 1.62 bits per heavy atom. The highest BCUT2D eigenvalue weighted by Crippen LogP contribution is 2.33. The van der Waals surface area contributed by atoms with Gasteiger partial charge in [0.2, 0.25) is 0 Å². The van der Waals surface area contributed by atoms with Gasteiger partial charge in [-0.15, -0.1) is 0 Å². The summed E-state index contributed by atoms with van der Waals surface area (Å²) >= 11 is 1.37. The lowest BCUT2D eigenvalue weighted by molar-refractivity contribution is 0.0542. The highest BCUT2D eigenvalue weighted by atomic mass is 32.2. The average Bonchev–Trinajstić information content (AvgIpc) is 4.01. The molecule has 4 aromatic carbocycles. The largest absolute Gasteiger partial charge is 0.496 e. The van der Waals surface area contributed by atoms with E-state index in [1.807, 2.05) is 37.4 Å². The Morgan fingerprint density at radius 1 is 0.691 bits per heavy atom. The lowest BCUT2D eigenvalue weighted by atomic mass is 10.0. The number of halogens is 2. The predicted octanol–water partition coefficient (Wildman–Crippen LogP) is 10.4. The zero-order valence-corrected chi connectivity index (χ0v) is 41.7. The number of fused-ring (bicyclic) bond motifs is 2. The molecule has 0 saturated carbocycles. The maximum Gasteiger partial charge on any atom is 0.337 e. The molecule has 2 aromatic heterocycles. The number of nitrogens with one attached hydrogen (secondary N) is 3. The Bertz CT molecular complexity index is 2440. The summed E-state index contributed by atoms with van der Waals surface area (Å²) < 4.78 is 39.1. The number of benzene rings is 4. The van der Waals surface area contributed by atoms with Gasteiger partial charge in [0.15, 0.2) is 0 Å². The number of methoxy groups -OCH3 is 2. The summed E-state index contributed by atoms with van der Waals surface area (Å²) in [6, 6.07) is 23.6. The van der Waals surface area contributed by atoms with Crippen molar-refractivity contribution in [2.75, 3.05) is 90.6 Å². The molecular weight excluding hydrogens is 889 g/mol. The first kappa shape index (κ1) is 55.0. The first-order valence-corrected chi connectivity index (χ1v) is 24.4. The van der Waals surface area contributed by atoms with Gasteiger partial charge in [-0.05, 0) is 99.6 Å². The number of likely N-dealkylation sites (N-methyl/N-ethyl adjacent to an activating group) is 1. The molecule has 0 atom stereocenters. The Hall–Kier alpha value is -5.65. The van der Waals surface area contributed by atoms with E-state index >= 15 is 0 Å². The first-order chi connectivity index (χ1) is 32.9. The highest BCUT2D eigenvalue weighted by Gasteiger charge is 2.23. The van der Waals surface area contributed by atoms with Gasteiger partial charge in [-0.1, -0.05) is 63.1 Å². The van der Waals surface area contributed by atoms with E-state index in [4.69, 9.17) is 19.7 Å². The van der Waals surface area contributed by atoms with Crippen molar-refractivity contribution in [2.45, 2.75) is 60.6 Å². The third kappa shape index (κ3) is 16.0. The SMILES string of the molecule is CC.CCN1CCCN(Cc2c(OC)cc(C)c3[nH]ccc23)CC1.COc1cc(C)c2[nH]ccc2c1CN1CCN(CC(F)F)CC1.CSNc1ccccc1C(=O)O.O=C(O)c1ccccc1. The lowest BCUT2D eigenvalue weighted by Crippen LogP contribution is -2.47. The number of nitrogens with zero attached hydrogens (tertiary/aromatic N) is 4. The highest BCUT2D eigenvalue weighted by molar-refractivity contribution is 7.99. The standard InChI is InChI=1S/C18H27N3O.C17H23F2N3O.C8H9NO2S.C7H6O2.C2H6/c1-4-20-8-5-9-21(11-10-20)13-16-15-6-7-19-18(15)14(2)12-17(16)22-3;1-12-9-15(23-2)14(13-3-4-20-17(12)13)10-21-5-7-22(8-6-21)11-16(18)19;1-12-9-7-5-3-2-4-6(7)8(10)11;8-7(9)6-4-2-1-3-5-6;1-2/h6-7,12,19H,4-5,8-11,13H2,1-3H3;3-4,9,16,20H,5-8,10-11H2,1-2H3;2-5,9H,1H3,(H,10,11);1-5H,(H,8,9);1-2H3. The van der Waals surface area contributed by atoms with Crippen LogP contribution >= 0.6 is 11.9 Å². The second-order valence-corrected chi connectivity index (χ2v) is 16.8. The van der Waals surface area contributed by atoms with Crippen LogP contribution in [0.2, 0.25) is 0 Å². The first-order valence-electron chi connectivity index (χ1n) is 23.2. The van der Waals surface area contributed by atoms with Crippen LogP contribution in [0.4, 0.5) is 14.5 Å². The number of para-hydroxylation sites is 1. The van der Waals surface area contributed by atoms with Crippen molar-refractivity contribution < 1.29 is 38.1 Å². The number of aromatic amines is 2. The molecule has 2 saturated heterocycles.